The third-order valence-corrected chi connectivity index (χ3v) is 7.49. The van der Waals surface area contributed by atoms with E-state index in [-0.39, 0.29) is 18.2 Å². The molecule has 1 N–H and O–H groups in total. The Morgan fingerprint density at radius 1 is 0.975 bits per heavy atom. The van der Waals surface area contributed by atoms with Gasteiger partial charge in [0.25, 0.3) is 0 Å². The molecule has 0 saturated carbocycles. The zero-order chi connectivity index (χ0) is 27.7. The average molecular weight is 543 g/mol. The molecule has 0 bridgehead atoms. The van der Waals surface area contributed by atoms with Gasteiger partial charge in [-0.25, -0.2) is 4.98 Å². The molecule has 210 valence electrons. The SMILES string of the molecule is COc1cc(OC)cc(C(CC(=O)NCCN2CCCCC2)c2cnc3c(OCc4ccccc4)cccn23)c1. The number of likely N-dealkylation sites (tertiary alicyclic amines) is 1. The molecular weight excluding hydrogens is 504 g/mol. The van der Waals surface area contributed by atoms with Crippen LogP contribution in [0.25, 0.3) is 5.65 Å². The fourth-order valence-corrected chi connectivity index (χ4v) is 5.33. The summed E-state index contributed by atoms with van der Waals surface area (Å²) in [5.74, 6) is 1.75. The van der Waals surface area contributed by atoms with Crippen LogP contribution in [0.2, 0.25) is 0 Å². The number of imidazole rings is 1. The molecule has 4 aromatic rings. The number of piperidine rings is 1. The fraction of sp³-hybridized carbons (Fsp3) is 0.375. The molecule has 8 nitrogen and oxygen atoms in total. The van der Waals surface area contributed by atoms with Gasteiger partial charge in [-0.1, -0.05) is 36.8 Å². The summed E-state index contributed by atoms with van der Waals surface area (Å²) in [4.78, 5) is 20.4. The second-order valence-electron chi connectivity index (χ2n) is 10.2. The largest absolute Gasteiger partial charge is 0.497 e. The molecule has 1 unspecified atom stereocenters. The third kappa shape index (κ3) is 6.74. The minimum absolute atomic E-state index is 0.00442. The minimum atomic E-state index is -0.279. The second-order valence-corrected chi connectivity index (χ2v) is 10.2. The van der Waals surface area contributed by atoms with Gasteiger partial charge in [-0.05, 0) is 61.3 Å². The lowest BCUT2D eigenvalue weighted by molar-refractivity contribution is -0.121. The van der Waals surface area contributed by atoms with E-state index in [2.05, 4.69) is 10.2 Å². The number of amides is 1. The van der Waals surface area contributed by atoms with Crippen LogP contribution in [0.1, 0.15) is 48.4 Å². The minimum Gasteiger partial charge on any atom is -0.497 e. The Labute approximate surface area is 235 Å². The lowest BCUT2D eigenvalue weighted by Crippen LogP contribution is -2.38. The number of rotatable bonds is 12. The van der Waals surface area contributed by atoms with Gasteiger partial charge in [0.15, 0.2) is 11.4 Å². The van der Waals surface area contributed by atoms with Crippen molar-refractivity contribution in [1.29, 1.82) is 0 Å². The highest BCUT2D eigenvalue weighted by Gasteiger charge is 2.24. The van der Waals surface area contributed by atoms with Crippen molar-refractivity contribution < 1.29 is 19.0 Å². The van der Waals surface area contributed by atoms with Crippen LogP contribution < -0.4 is 19.5 Å². The molecule has 5 rings (SSSR count). The number of aromatic nitrogens is 2. The van der Waals surface area contributed by atoms with Crippen LogP contribution in [0, 0.1) is 0 Å². The molecule has 1 aliphatic rings. The van der Waals surface area contributed by atoms with Crippen LogP contribution in [0.4, 0.5) is 0 Å². The number of nitrogens with one attached hydrogen (secondary N) is 1. The summed E-state index contributed by atoms with van der Waals surface area (Å²) >= 11 is 0. The maximum absolute atomic E-state index is 13.3. The lowest BCUT2D eigenvalue weighted by atomic mass is 9.91. The number of carbonyl (C=O) groups excluding carboxylic acids is 1. The van der Waals surface area contributed by atoms with Crippen molar-refractivity contribution in [3.05, 3.63) is 89.9 Å². The first-order valence-electron chi connectivity index (χ1n) is 14.0. The molecule has 0 spiro atoms. The molecule has 3 heterocycles. The zero-order valence-corrected chi connectivity index (χ0v) is 23.3. The summed E-state index contributed by atoms with van der Waals surface area (Å²) in [7, 11) is 3.26. The molecule has 2 aromatic heterocycles. The van der Waals surface area contributed by atoms with Gasteiger partial charge >= 0.3 is 0 Å². The number of hydrogen-bond acceptors (Lipinski definition) is 6. The van der Waals surface area contributed by atoms with Crippen LogP contribution in [0.3, 0.4) is 0 Å². The molecule has 1 aliphatic heterocycles. The summed E-state index contributed by atoms with van der Waals surface area (Å²) in [5, 5.41) is 3.15. The summed E-state index contributed by atoms with van der Waals surface area (Å²) in [6, 6.07) is 19.7. The summed E-state index contributed by atoms with van der Waals surface area (Å²) in [6.45, 7) is 4.18. The summed E-state index contributed by atoms with van der Waals surface area (Å²) in [6.07, 6.45) is 7.83. The fourth-order valence-electron chi connectivity index (χ4n) is 5.33. The van der Waals surface area contributed by atoms with Gasteiger partial charge in [-0.2, -0.15) is 0 Å². The van der Waals surface area contributed by atoms with Crippen molar-refractivity contribution in [3.63, 3.8) is 0 Å². The molecule has 8 heteroatoms. The predicted octanol–water partition coefficient (Wildman–Crippen LogP) is 5.05. The van der Waals surface area contributed by atoms with Crippen LogP contribution in [0.15, 0.2) is 73.1 Å². The number of fused-ring (bicyclic) bond motifs is 1. The molecule has 1 atom stereocenters. The van der Waals surface area contributed by atoms with Crippen molar-refractivity contribution in [1.82, 2.24) is 19.6 Å². The molecular formula is C32H38N4O4. The topological polar surface area (TPSA) is 77.3 Å². The van der Waals surface area contributed by atoms with Gasteiger partial charge in [0.2, 0.25) is 5.91 Å². The van der Waals surface area contributed by atoms with E-state index in [0.717, 1.165) is 36.5 Å². The van der Waals surface area contributed by atoms with Crippen LogP contribution >= 0.6 is 0 Å². The Morgan fingerprint density at radius 3 is 2.45 bits per heavy atom. The highest BCUT2D eigenvalue weighted by Crippen LogP contribution is 2.35. The number of ether oxygens (including phenoxy) is 3. The first-order valence-corrected chi connectivity index (χ1v) is 14.0. The van der Waals surface area contributed by atoms with Crippen LogP contribution in [-0.2, 0) is 11.4 Å². The van der Waals surface area contributed by atoms with E-state index in [1.54, 1.807) is 14.2 Å². The van der Waals surface area contributed by atoms with E-state index in [1.165, 1.54) is 19.3 Å². The van der Waals surface area contributed by atoms with Gasteiger partial charge in [0.05, 0.1) is 19.9 Å². The Balaban J connectivity index is 1.41. The van der Waals surface area contributed by atoms with Gasteiger partial charge in [0.1, 0.15) is 18.1 Å². The van der Waals surface area contributed by atoms with Gasteiger partial charge in [-0.3, -0.25) is 4.79 Å². The van der Waals surface area contributed by atoms with Crippen molar-refractivity contribution >= 4 is 11.6 Å². The van der Waals surface area contributed by atoms with E-state index in [4.69, 9.17) is 19.2 Å². The van der Waals surface area contributed by atoms with Crippen molar-refractivity contribution in [3.8, 4) is 17.2 Å². The Kier molecular flexibility index (Phi) is 9.18. The second kappa shape index (κ2) is 13.3. The number of methoxy groups -OCH3 is 2. The molecule has 40 heavy (non-hydrogen) atoms. The molecule has 0 aliphatic carbocycles. The Bertz CT molecular complexity index is 1380. The normalized spacial score (nSPS) is 14.6. The molecule has 1 saturated heterocycles. The Morgan fingerprint density at radius 2 is 1.73 bits per heavy atom. The smallest absolute Gasteiger partial charge is 0.221 e. The first-order chi connectivity index (χ1) is 19.6. The van der Waals surface area contributed by atoms with E-state index in [0.29, 0.717) is 36.0 Å². The molecule has 2 aromatic carbocycles. The van der Waals surface area contributed by atoms with E-state index < -0.39 is 0 Å². The third-order valence-electron chi connectivity index (χ3n) is 7.49. The average Bonchev–Trinajstić information content (AvgIpc) is 3.44. The highest BCUT2D eigenvalue weighted by molar-refractivity contribution is 5.77. The van der Waals surface area contributed by atoms with Gasteiger partial charge in [0, 0.05) is 43.9 Å². The maximum atomic E-state index is 13.3. The van der Waals surface area contributed by atoms with Gasteiger partial charge in [-0.15, -0.1) is 0 Å². The highest BCUT2D eigenvalue weighted by atomic mass is 16.5. The maximum Gasteiger partial charge on any atom is 0.221 e. The van der Waals surface area contributed by atoms with Crippen molar-refractivity contribution in [2.45, 2.75) is 38.2 Å². The standard InChI is InChI=1S/C32H38N4O4/c1-38-26-18-25(19-27(20-26)39-2)28(21-31(37)33-13-17-35-14-7-4-8-15-35)29-22-34-32-30(12-9-16-36(29)32)40-23-24-10-5-3-6-11-24/h3,5-6,9-12,16,18-20,22,28H,4,7-8,13-15,17,21,23H2,1-2H3,(H,33,37). The van der Waals surface area contributed by atoms with Gasteiger partial charge < -0.3 is 28.8 Å². The Hall–Kier alpha value is -4.04. The summed E-state index contributed by atoms with van der Waals surface area (Å²) in [5.41, 5.74) is 3.60. The van der Waals surface area contributed by atoms with E-state index in [1.807, 2.05) is 77.5 Å². The number of hydrogen-bond donors (Lipinski definition) is 1. The van der Waals surface area contributed by atoms with E-state index in [9.17, 15) is 4.79 Å². The zero-order valence-electron chi connectivity index (χ0n) is 23.3. The van der Waals surface area contributed by atoms with Crippen LogP contribution in [0.5, 0.6) is 17.2 Å². The molecule has 1 fully saturated rings. The lowest BCUT2D eigenvalue weighted by Gasteiger charge is -2.26. The number of carbonyl (C=O) groups is 1. The first kappa shape index (κ1) is 27.5. The number of nitrogens with zero attached hydrogens (tertiary/aromatic N) is 3. The quantitative estimate of drug-likeness (QED) is 0.270. The number of pyridine rings is 1. The van der Waals surface area contributed by atoms with E-state index >= 15 is 0 Å². The molecule has 1 amide bonds. The predicted molar refractivity (Wildman–Crippen MR) is 155 cm³/mol. The van der Waals surface area contributed by atoms with Crippen LogP contribution in [-0.4, -0.2) is 60.6 Å². The van der Waals surface area contributed by atoms with Crippen molar-refractivity contribution in [2.75, 3.05) is 40.4 Å². The molecule has 0 radical (unpaired) electrons. The van der Waals surface area contributed by atoms with Crippen molar-refractivity contribution in [2.24, 2.45) is 0 Å². The number of benzene rings is 2. The monoisotopic (exact) mass is 542 g/mol. The summed E-state index contributed by atoms with van der Waals surface area (Å²) < 4.78 is 19.3.